The number of rotatable bonds is 5. The van der Waals surface area contributed by atoms with Crippen LogP contribution in [0, 0.1) is 0 Å². The van der Waals surface area contributed by atoms with E-state index in [2.05, 4.69) is 0 Å². The van der Waals surface area contributed by atoms with Crippen molar-refractivity contribution in [3.8, 4) is 0 Å². The van der Waals surface area contributed by atoms with Crippen molar-refractivity contribution in [1.82, 2.24) is 0 Å². The van der Waals surface area contributed by atoms with Gasteiger partial charge in [0, 0.05) is 13.8 Å². The topological polar surface area (TPSA) is 80.3 Å². The van der Waals surface area contributed by atoms with Crippen molar-refractivity contribution in [2.75, 3.05) is 6.61 Å². The fourth-order valence-electron chi connectivity index (χ4n) is 3.19. The second kappa shape index (κ2) is 7.11. The second-order valence-corrected chi connectivity index (χ2v) is 6.30. The van der Waals surface area contributed by atoms with Crippen LogP contribution in [0.5, 0.6) is 0 Å². The summed E-state index contributed by atoms with van der Waals surface area (Å²) in [5, 5.41) is 0. The highest BCUT2D eigenvalue weighted by Crippen LogP contribution is 2.45. The van der Waals surface area contributed by atoms with Gasteiger partial charge >= 0.3 is 11.9 Å². The highest BCUT2D eigenvalue weighted by Gasteiger charge is 2.66. The molecule has 7 nitrogen and oxygen atoms in total. The molecule has 0 amide bonds. The fraction of sp³-hybridized carbons (Fsp3) is 0.556. The summed E-state index contributed by atoms with van der Waals surface area (Å²) in [4.78, 5) is 22.9. The molecule has 5 atom stereocenters. The van der Waals surface area contributed by atoms with Crippen LogP contribution in [0.1, 0.15) is 26.3 Å². The molecule has 1 aromatic carbocycles. The molecular formula is C18H22O7. The first kappa shape index (κ1) is 17.8. The summed E-state index contributed by atoms with van der Waals surface area (Å²) in [5.41, 5.74) is 0.165. The lowest BCUT2D eigenvalue weighted by molar-refractivity contribution is -0.296. The third-order valence-electron chi connectivity index (χ3n) is 4.49. The Morgan fingerprint density at radius 3 is 2.36 bits per heavy atom. The molecule has 7 heteroatoms. The van der Waals surface area contributed by atoms with E-state index in [1.807, 2.05) is 37.3 Å². The average molecular weight is 350 g/mol. The minimum Gasteiger partial charge on any atom is -0.453 e. The van der Waals surface area contributed by atoms with Crippen molar-refractivity contribution in [3.63, 3.8) is 0 Å². The molecule has 0 radical (unpaired) electrons. The van der Waals surface area contributed by atoms with Crippen LogP contribution in [0.3, 0.4) is 0 Å². The highest BCUT2D eigenvalue weighted by molar-refractivity contribution is 5.67. The molecule has 1 spiro atoms. The average Bonchev–Trinajstić information content (AvgIpc) is 2.87. The number of carbonyl (C=O) groups excluding carboxylic acids is 2. The summed E-state index contributed by atoms with van der Waals surface area (Å²) < 4.78 is 28.1. The van der Waals surface area contributed by atoms with E-state index in [1.165, 1.54) is 13.8 Å². The third kappa shape index (κ3) is 3.53. The number of benzene rings is 1. The van der Waals surface area contributed by atoms with Gasteiger partial charge in [0.15, 0.2) is 11.7 Å². The molecule has 1 aromatic rings. The fourth-order valence-corrected chi connectivity index (χ4v) is 3.19. The monoisotopic (exact) mass is 350 g/mol. The van der Waals surface area contributed by atoms with E-state index in [1.54, 1.807) is 0 Å². The molecule has 0 N–H and O–H groups in total. The predicted octanol–water partition coefficient (Wildman–Crippen LogP) is 1.58. The summed E-state index contributed by atoms with van der Waals surface area (Å²) in [6.07, 6.45) is -2.75. The van der Waals surface area contributed by atoms with E-state index in [4.69, 9.17) is 23.7 Å². The number of carbonyl (C=O) groups is 2. The van der Waals surface area contributed by atoms with Crippen LogP contribution in [0.25, 0.3) is 0 Å². The van der Waals surface area contributed by atoms with Crippen molar-refractivity contribution in [2.45, 2.75) is 57.6 Å². The van der Waals surface area contributed by atoms with E-state index in [0.717, 1.165) is 5.56 Å². The van der Waals surface area contributed by atoms with E-state index in [0.29, 0.717) is 6.61 Å². The maximum atomic E-state index is 11.5. The minimum atomic E-state index is -1.02. The molecule has 0 saturated carbocycles. The lowest BCUT2D eigenvalue weighted by atomic mass is 9.86. The molecule has 2 heterocycles. The van der Waals surface area contributed by atoms with Crippen LogP contribution in [0.15, 0.2) is 30.3 Å². The zero-order chi connectivity index (χ0) is 18.0. The Morgan fingerprint density at radius 2 is 1.84 bits per heavy atom. The Morgan fingerprint density at radius 1 is 1.16 bits per heavy atom. The summed E-state index contributed by atoms with van der Waals surface area (Å²) in [5.74, 6) is -1.02. The molecule has 0 aromatic heterocycles. The van der Waals surface area contributed by atoms with Gasteiger partial charge in [0.2, 0.25) is 6.29 Å². The van der Waals surface area contributed by atoms with Gasteiger partial charge in [0.05, 0.1) is 19.3 Å². The van der Waals surface area contributed by atoms with Gasteiger partial charge in [-0.05, 0) is 12.5 Å². The van der Waals surface area contributed by atoms with Crippen molar-refractivity contribution in [3.05, 3.63) is 35.9 Å². The van der Waals surface area contributed by atoms with Crippen LogP contribution in [0.2, 0.25) is 0 Å². The standard InChI is InChI=1S/C18H22O7/c1-11-18(10-22-11)16(21-9-14-7-5-4-6-8-14)15(23-12(2)19)17(25-18)24-13(3)20/h4-8,11,15-17H,9-10H2,1-3H3/t11-,15-,16-,17?,18-/m1/s1. The van der Waals surface area contributed by atoms with Crippen LogP contribution in [0.4, 0.5) is 0 Å². The summed E-state index contributed by atoms with van der Waals surface area (Å²) in [7, 11) is 0. The van der Waals surface area contributed by atoms with Gasteiger partial charge in [0.1, 0.15) is 6.10 Å². The normalized spacial score (nSPS) is 33.7. The molecule has 3 rings (SSSR count). The van der Waals surface area contributed by atoms with Crippen molar-refractivity contribution in [2.24, 2.45) is 0 Å². The van der Waals surface area contributed by atoms with Gasteiger partial charge in [0.25, 0.3) is 0 Å². The van der Waals surface area contributed by atoms with E-state index in [-0.39, 0.29) is 12.7 Å². The van der Waals surface area contributed by atoms with Crippen LogP contribution in [-0.4, -0.2) is 48.7 Å². The zero-order valence-electron chi connectivity index (χ0n) is 14.5. The summed E-state index contributed by atoms with van der Waals surface area (Å²) in [6.45, 7) is 5.02. The largest absolute Gasteiger partial charge is 0.453 e. The minimum absolute atomic E-state index is 0.271. The van der Waals surface area contributed by atoms with Gasteiger partial charge in [-0.2, -0.15) is 0 Å². The first-order valence-corrected chi connectivity index (χ1v) is 8.22. The lowest BCUT2D eigenvalue weighted by Gasteiger charge is -2.46. The third-order valence-corrected chi connectivity index (χ3v) is 4.49. The number of hydrogen-bond donors (Lipinski definition) is 0. The van der Waals surface area contributed by atoms with E-state index >= 15 is 0 Å². The lowest BCUT2D eigenvalue weighted by Crippen LogP contribution is -2.64. The molecule has 0 aliphatic carbocycles. The van der Waals surface area contributed by atoms with Crippen molar-refractivity contribution < 1.29 is 33.3 Å². The van der Waals surface area contributed by atoms with E-state index < -0.39 is 36.0 Å². The summed E-state index contributed by atoms with van der Waals surface area (Å²) in [6, 6.07) is 9.63. The Hall–Kier alpha value is -1.96. The molecule has 2 saturated heterocycles. The Bertz CT molecular complexity index is 632. The second-order valence-electron chi connectivity index (χ2n) is 6.30. The first-order chi connectivity index (χ1) is 11.9. The number of hydrogen-bond acceptors (Lipinski definition) is 7. The maximum Gasteiger partial charge on any atom is 0.305 e. The van der Waals surface area contributed by atoms with Crippen LogP contribution < -0.4 is 0 Å². The quantitative estimate of drug-likeness (QED) is 0.746. The van der Waals surface area contributed by atoms with Crippen molar-refractivity contribution >= 4 is 11.9 Å². The zero-order valence-corrected chi connectivity index (χ0v) is 14.5. The molecule has 2 fully saturated rings. The first-order valence-electron chi connectivity index (χ1n) is 8.22. The summed E-state index contributed by atoms with van der Waals surface area (Å²) >= 11 is 0. The highest BCUT2D eigenvalue weighted by atomic mass is 16.8. The van der Waals surface area contributed by atoms with Crippen LogP contribution in [-0.2, 0) is 39.9 Å². The molecule has 0 bridgehead atoms. The Kier molecular flexibility index (Phi) is 5.08. The molecule has 1 unspecified atom stereocenters. The Labute approximate surface area is 146 Å². The number of esters is 2. The SMILES string of the molecule is CC(=O)OC1O[C@@]2(CO[C@@H]2C)[C@H](OCc2ccccc2)[C@H]1OC(C)=O. The van der Waals surface area contributed by atoms with E-state index in [9.17, 15) is 9.59 Å². The predicted molar refractivity (Wildman–Crippen MR) is 85.4 cm³/mol. The maximum absolute atomic E-state index is 11.5. The van der Waals surface area contributed by atoms with Crippen LogP contribution >= 0.6 is 0 Å². The smallest absolute Gasteiger partial charge is 0.305 e. The Balaban J connectivity index is 1.82. The molecule has 136 valence electrons. The van der Waals surface area contributed by atoms with Gasteiger partial charge in [-0.15, -0.1) is 0 Å². The molecule has 2 aliphatic heterocycles. The number of ether oxygens (including phenoxy) is 5. The molecule has 2 aliphatic rings. The van der Waals surface area contributed by atoms with Crippen molar-refractivity contribution in [1.29, 1.82) is 0 Å². The van der Waals surface area contributed by atoms with Gasteiger partial charge in [-0.25, -0.2) is 0 Å². The van der Waals surface area contributed by atoms with Gasteiger partial charge < -0.3 is 23.7 Å². The molecular weight excluding hydrogens is 328 g/mol. The van der Waals surface area contributed by atoms with Gasteiger partial charge in [-0.1, -0.05) is 30.3 Å². The van der Waals surface area contributed by atoms with Gasteiger partial charge in [-0.3, -0.25) is 9.59 Å². The molecule has 25 heavy (non-hydrogen) atoms.